The topological polar surface area (TPSA) is 73.9 Å². The Morgan fingerprint density at radius 1 is 1.45 bits per heavy atom. The number of hydrogen-bond donors (Lipinski definition) is 3. The van der Waals surface area contributed by atoms with Gasteiger partial charge in [0.25, 0.3) is 0 Å². The number of nitrogens with zero attached hydrogens (tertiary/aromatic N) is 2. The van der Waals surface area contributed by atoms with Gasteiger partial charge < -0.3 is 21.2 Å². The molecular weight excluding hydrogens is 252 g/mol. The van der Waals surface area contributed by atoms with Crippen molar-refractivity contribution in [2.75, 3.05) is 27.2 Å². The van der Waals surface area contributed by atoms with Crippen molar-refractivity contribution in [3.63, 3.8) is 0 Å². The first kappa shape index (κ1) is 17.2. The zero-order valence-corrected chi connectivity index (χ0v) is 13.4. The molecule has 1 fully saturated rings. The molecule has 1 saturated carbocycles. The van der Waals surface area contributed by atoms with Crippen LogP contribution in [0.15, 0.2) is 5.16 Å². The van der Waals surface area contributed by atoms with Crippen LogP contribution >= 0.6 is 0 Å². The molecule has 1 rings (SSSR count). The molecule has 2 atom stereocenters. The van der Waals surface area contributed by atoms with Gasteiger partial charge in [-0.1, -0.05) is 24.9 Å². The number of amidine groups is 1. The predicted molar refractivity (Wildman–Crippen MR) is 84.2 cm³/mol. The molecule has 0 aromatic carbocycles. The van der Waals surface area contributed by atoms with Crippen LogP contribution in [0.25, 0.3) is 0 Å². The Hall–Kier alpha value is -0.810. The van der Waals surface area contributed by atoms with E-state index in [0.717, 1.165) is 31.8 Å². The zero-order chi connectivity index (χ0) is 15.0. The summed E-state index contributed by atoms with van der Waals surface area (Å²) >= 11 is 0. The van der Waals surface area contributed by atoms with E-state index in [2.05, 4.69) is 36.4 Å². The molecular formula is C15H32N4O. The van der Waals surface area contributed by atoms with Crippen LogP contribution in [0.1, 0.15) is 51.9 Å². The molecule has 5 nitrogen and oxygen atoms in total. The molecule has 0 aliphatic heterocycles. The number of rotatable bonds is 8. The number of nitrogens with two attached hydrogens (primary N) is 1. The van der Waals surface area contributed by atoms with Crippen LogP contribution in [0.5, 0.6) is 0 Å². The van der Waals surface area contributed by atoms with Crippen LogP contribution in [0, 0.1) is 5.92 Å². The van der Waals surface area contributed by atoms with E-state index in [1.807, 2.05) is 0 Å². The Labute approximate surface area is 123 Å². The maximum absolute atomic E-state index is 8.47. The third kappa shape index (κ3) is 5.29. The van der Waals surface area contributed by atoms with E-state index in [4.69, 9.17) is 10.9 Å². The number of oxime groups is 1. The Bertz CT molecular complexity index is 306. The van der Waals surface area contributed by atoms with Gasteiger partial charge >= 0.3 is 0 Å². The van der Waals surface area contributed by atoms with Crippen LogP contribution < -0.4 is 11.1 Å². The molecule has 0 saturated heterocycles. The van der Waals surface area contributed by atoms with Crippen molar-refractivity contribution in [1.29, 1.82) is 0 Å². The summed E-state index contributed by atoms with van der Waals surface area (Å²) in [5.74, 6) is 1.16. The monoisotopic (exact) mass is 284 g/mol. The maximum Gasteiger partial charge on any atom is 0.139 e. The Morgan fingerprint density at radius 2 is 2.20 bits per heavy atom. The van der Waals surface area contributed by atoms with E-state index >= 15 is 0 Å². The lowest BCUT2D eigenvalue weighted by Crippen LogP contribution is -2.54. The Kier molecular flexibility index (Phi) is 7.30. The van der Waals surface area contributed by atoms with Gasteiger partial charge in [-0.2, -0.15) is 0 Å². The van der Waals surface area contributed by atoms with Crippen molar-refractivity contribution in [2.24, 2.45) is 16.8 Å². The zero-order valence-electron chi connectivity index (χ0n) is 13.4. The lowest BCUT2D eigenvalue weighted by atomic mass is 9.75. The summed E-state index contributed by atoms with van der Waals surface area (Å²) in [4.78, 5) is 2.41. The van der Waals surface area contributed by atoms with Crippen LogP contribution in [0.3, 0.4) is 0 Å². The Balaban J connectivity index is 2.26. The predicted octanol–water partition coefficient (Wildman–Crippen LogP) is 2.00. The summed E-state index contributed by atoms with van der Waals surface area (Å²) < 4.78 is 0. The van der Waals surface area contributed by atoms with Crippen molar-refractivity contribution in [3.8, 4) is 0 Å². The summed E-state index contributed by atoms with van der Waals surface area (Å²) in [5, 5.41) is 15.1. The molecule has 0 bridgehead atoms. The highest BCUT2D eigenvalue weighted by molar-refractivity contribution is 5.79. The second kappa shape index (κ2) is 8.47. The number of hydrogen-bond acceptors (Lipinski definition) is 4. The fourth-order valence-corrected chi connectivity index (χ4v) is 3.28. The average Bonchev–Trinajstić information content (AvgIpc) is 2.42. The fourth-order valence-electron chi connectivity index (χ4n) is 3.28. The fraction of sp³-hybridized carbons (Fsp3) is 0.933. The first-order valence-corrected chi connectivity index (χ1v) is 7.85. The van der Waals surface area contributed by atoms with Gasteiger partial charge in [0.05, 0.1) is 0 Å². The molecule has 118 valence electrons. The Morgan fingerprint density at radius 3 is 2.80 bits per heavy atom. The molecule has 2 unspecified atom stereocenters. The van der Waals surface area contributed by atoms with Gasteiger partial charge in [-0.25, -0.2) is 0 Å². The van der Waals surface area contributed by atoms with Crippen LogP contribution in [0.2, 0.25) is 0 Å². The van der Waals surface area contributed by atoms with E-state index < -0.39 is 0 Å². The van der Waals surface area contributed by atoms with Gasteiger partial charge in [0, 0.05) is 18.5 Å². The van der Waals surface area contributed by atoms with Crippen LogP contribution in [-0.4, -0.2) is 48.7 Å². The standard InChI is InChI=1S/C15H32N4O/c1-13-7-6-9-15(11-13,19(2)3)12-17-10-5-4-8-14(16)18-20/h13,17,20H,4-12H2,1-3H3,(H2,16,18). The quantitative estimate of drug-likeness (QED) is 0.209. The summed E-state index contributed by atoms with van der Waals surface area (Å²) in [6.07, 6.45) is 8.00. The van der Waals surface area contributed by atoms with Gasteiger partial charge in [0.1, 0.15) is 5.84 Å². The molecule has 20 heavy (non-hydrogen) atoms. The van der Waals surface area contributed by atoms with Gasteiger partial charge in [-0.3, -0.25) is 0 Å². The molecule has 4 N–H and O–H groups in total. The molecule has 0 radical (unpaired) electrons. The number of unbranched alkanes of at least 4 members (excludes halogenated alkanes) is 1. The second-order valence-electron chi connectivity index (χ2n) is 6.55. The minimum absolute atomic E-state index is 0.323. The first-order valence-electron chi connectivity index (χ1n) is 7.85. The van der Waals surface area contributed by atoms with Gasteiger partial charge in [-0.05, 0) is 52.2 Å². The summed E-state index contributed by atoms with van der Waals surface area (Å²) in [5.41, 5.74) is 5.78. The second-order valence-corrected chi connectivity index (χ2v) is 6.55. The molecule has 0 amide bonds. The van der Waals surface area contributed by atoms with Crippen molar-refractivity contribution in [1.82, 2.24) is 10.2 Å². The van der Waals surface area contributed by atoms with Crippen molar-refractivity contribution < 1.29 is 5.21 Å². The number of likely N-dealkylation sites (N-methyl/N-ethyl adjacent to an activating group) is 1. The summed E-state index contributed by atoms with van der Waals surface area (Å²) in [6, 6.07) is 0. The highest BCUT2D eigenvalue weighted by atomic mass is 16.4. The highest BCUT2D eigenvalue weighted by Crippen LogP contribution is 2.35. The van der Waals surface area contributed by atoms with E-state index in [1.165, 1.54) is 25.7 Å². The normalized spacial score (nSPS) is 28.0. The molecule has 0 aromatic rings. The summed E-state index contributed by atoms with van der Waals surface area (Å²) in [6.45, 7) is 4.44. The van der Waals surface area contributed by atoms with E-state index in [9.17, 15) is 0 Å². The van der Waals surface area contributed by atoms with E-state index in [1.54, 1.807) is 0 Å². The average molecular weight is 284 g/mol. The van der Waals surface area contributed by atoms with Crippen molar-refractivity contribution in [3.05, 3.63) is 0 Å². The SMILES string of the molecule is CC1CCCC(CNCCCCC(N)=NO)(N(C)C)C1. The third-order valence-electron chi connectivity index (χ3n) is 4.64. The molecule has 0 aromatic heterocycles. The lowest BCUT2D eigenvalue weighted by Gasteiger charge is -2.45. The molecule has 0 heterocycles. The van der Waals surface area contributed by atoms with Crippen LogP contribution in [0.4, 0.5) is 0 Å². The maximum atomic E-state index is 8.47. The highest BCUT2D eigenvalue weighted by Gasteiger charge is 2.36. The minimum Gasteiger partial charge on any atom is -0.409 e. The first-order chi connectivity index (χ1) is 9.50. The summed E-state index contributed by atoms with van der Waals surface area (Å²) in [7, 11) is 4.41. The smallest absolute Gasteiger partial charge is 0.139 e. The number of nitrogens with one attached hydrogen (secondary N) is 1. The van der Waals surface area contributed by atoms with E-state index in [0.29, 0.717) is 17.8 Å². The van der Waals surface area contributed by atoms with Gasteiger partial charge in [0.2, 0.25) is 0 Å². The largest absolute Gasteiger partial charge is 0.409 e. The van der Waals surface area contributed by atoms with E-state index in [-0.39, 0.29) is 0 Å². The third-order valence-corrected chi connectivity index (χ3v) is 4.64. The van der Waals surface area contributed by atoms with Crippen molar-refractivity contribution >= 4 is 5.84 Å². The lowest BCUT2D eigenvalue weighted by molar-refractivity contribution is 0.0753. The molecule has 5 heteroatoms. The molecule has 0 spiro atoms. The minimum atomic E-state index is 0.323. The molecule has 1 aliphatic carbocycles. The molecule has 1 aliphatic rings. The van der Waals surface area contributed by atoms with Gasteiger partial charge in [-0.15, -0.1) is 0 Å². The van der Waals surface area contributed by atoms with Crippen molar-refractivity contribution in [2.45, 2.75) is 57.4 Å². The van der Waals surface area contributed by atoms with Crippen LogP contribution in [-0.2, 0) is 0 Å². The van der Waals surface area contributed by atoms with Gasteiger partial charge in [0.15, 0.2) is 0 Å².